The van der Waals surface area contributed by atoms with Crippen LogP contribution in [0.25, 0.3) is 0 Å². The molecular formula is C63H114N2O21. The number of nitrogens with one attached hydrogen (secondary N) is 2. The van der Waals surface area contributed by atoms with Gasteiger partial charge in [-0.15, -0.1) is 0 Å². The summed E-state index contributed by atoms with van der Waals surface area (Å²) in [5, 5.41) is 135. The third-order valence-corrected chi connectivity index (χ3v) is 16.6. The molecule has 18 unspecified atom stereocenters. The second kappa shape index (κ2) is 44.6. The maximum atomic E-state index is 13.3. The Balaban J connectivity index is 1.59. The lowest BCUT2D eigenvalue weighted by Crippen LogP contribution is -2.70. The zero-order valence-corrected chi connectivity index (χ0v) is 51.9. The first-order valence-corrected chi connectivity index (χ1v) is 32.7. The fourth-order valence-electron chi connectivity index (χ4n) is 11.4. The highest BCUT2D eigenvalue weighted by Crippen LogP contribution is 2.38. The number of allylic oxidation sites excluding steroid dienone is 3. The molecule has 0 saturated carbocycles. The molecule has 2 amide bonds. The van der Waals surface area contributed by atoms with E-state index in [-0.39, 0.29) is 12.3 Å². The molecule has 0 spiro atoms. The highest BCUT2D eigenvalue weighted by Gasteiger charge is 2.60. The van der Waals surface area contributed by atoms with Gasteiger partial charge in [0.25, 0.3) is 5.79 Å². The van der Waals surface area contributed by atoms with Crippen LogP contribution in [0.5, 0.6) is 0 Å². The lowest BCUT2D eigenvalue weighted by Gasteiger charge is -2.50. The van der Waals surface area contributed by atoms with Crippen LogP contribution in [0.2, 0.25) is 0 Å². The number of carbonyl (C=O) groups is 3. The Morgan fingerprint density at radius 1 is 0.605 bits per heavy atom. The smallest absolute Gasteiger partial charge is 0.364 e. The second-order valence-corrected chi connectivity index (χ2v) is 24.0. The van der Waals surface area contributed by atoms with Gasteiger partial charge in [0.05, 0.1) is 50.7 Å². The van der Waals surface area contributed by atoms with E-state index >= 15 is 0 Å². The number of hydrogen-bond acceptors (Lipinski definition) is 20. The zero-order valence-electron chi connectivity index (χ0n) is 51.9. The number of amides is 2. The van der Waals surface area contributed by atoms with Crippen molar-refractivity contribution in [1.29, 1.82) is 0 Å². The molecule has 18 atom stereocenters. The summed E-state index contributed by atoms with van der Waals surface area (Å²) in [6.45, 7) is 2.05. The molecule has 3 heterocycles. The summed E-state index contributed by atoms with van der Waals surface area (Å²) in [7, 11) is 0. The molecular weight excluding hydrogens is 1120 g/mol. The van der Waals surface area contributed by atoms with E-state index in [1.54, 1.807) is 6.08 Å². The minimum Gasteiger partial charge on any atom is -0.477 e. The number of carboxylic acid groups (broad SMARTS) is 1. The molecule has 0 aliphatic carbocycles. The van der Waals surface area contributed by atoms with Gasteiger partial charge in [-0.3, -0.25) is 9.59 Å². The highest BCUT2D eigenvalue weighted by atomic mass is 16.8. The van der Waals surface area contributed by atoms with Crippen LogP contribution in [-0.2, 0) is 42.8 Å². The van der Waals surface area contributed by atoms with Crippen LogP contribution in [0, 0.1) is 0 Å². The fourth-order valence-corrected chi connectivity index (χ4v) is 11.4. The Hall–Kier alpha value is -2.79. The van der Waals surface area contributed by atoms with Gasteiger partial charge in [-0.1, -0.05) is 186 Å². The van der Waals surface area contributed by atoms with E-state index in [1.807, 2.05) is 6.08 Å². The molecule has 3 saturated heterocycles. The zero-order chi connectivity index (χ0) is 63.3. The number of hydrogen-bond donors (Lipinski definition) is 14. The van der Waals surface area contributed by atoms with Gasteiger partial charge in [-0.25, -0.2) is 4.79 Å². The van der Waals surface area contributed by atoms with Crippen LogP contribution in [0.3, 0.4) is 0 Å². The monoisotopic (exact) mass is 1230 g/mol. The number of aliphatic hydroxyl groups excluding tert-OH is 11. The minimum atomic E-state index is -3.08. The number of carbonyl (C=O) groups excluding carboxylic acids is 2. The topological polar surface area (TPSA) is 373 Å². The van der Waals surface area contributed by atoms with Gasteiger partial charge >= 0.3 is 5.97 Å². The Morgan fingerprint density at radius 3 is 1.59 bits per heavy atom. The Kier molecular flexibility index (Phi) is 40.2. The van der Waals surface area contributed by atoms with Crippen molar-refractivity contribution in [3.8, 4) is 0 Å². The van der Waals surface area contributed by atoms with Gasteiger partial charge in [0.1, 0.15) is 67.1 Å². The van der Waals surface area contributed by atoms with Crippen molar-refractivity contribution < 1.29 is 104 Å². The number of aliphatic carboxylic acids is 1. The lowest BCUT2D eigenvalue weighted by molar-refractivity contribution is -0.386. The van der Waals surface area contributed by atoms with E-state index in [0.717, 1.165) is 51.9 Å². The van der Waals surface area contributed by atoms with E-state index in [0.29, 0.717) is 19.3 Å². The third-order valence-electron chi connectivity index (χ3n) is 16.6. The van der Waals surface area contributed by atoms with Crippen LogP contribution in [-0.4, -0.2) is 215 Å². The highest BCUT2D eigenvalue weighted by molar-refractivity contribution is 5.77. The van der Waals surface area contributed by atoms with Gasteiger partial charge in [0.2, 0.25) is 11.8 Å². The summed E-state index contributed by atoms with van der Waals surface area (Å²) >= 11 is 0. The third kappa shape index (κ3) is 27.8. The number of unbranched alkanes of at least 4 members (excludes halogenated alkanes) is 26. The molecule has 502 valence electrons. The van der Waals surface area contributed by atoms with E-state index < -0.39 is 155 Å². The first-order chi connectivity index (χ1) is 41.4. The molecule has 0 radical (unpaired) electrons. The molecule has 0 aromatic carbocycles. The second-order valence-electron chi connectivity index (χ2n) is 24.0. The Morgan fingerprint density at radius 2 is 1.09 bits per heavy atom. The molecule has 0 aromatic heterocycles. The van der Waals surface area contributed by atoms with Crippen molar-refractivity contribution >= 4 is 17.8 Å². The number of rotatable bonds is 48. The first kappa shape index (κ1) is 77.5. The normalized spacial score (nSPS) is 29.5. The van der Waals surface area contributed by atoms with Crippen molar-refractivity contribution in [3.05, 3.63) is 24.3 Å². The predicted octanol–water partition coefficient (Wildman–Crippen LogP) is 4.50. The van der Waals surface area contributed by atoms with Crippen molar-refractivity contribution in [2.45, 2.75) is 330 Å². The van der Waals surface area contributed by atoms with Crippen LogP contribution >= 0.6 is 0 Å². The Labute approximate surface area is 511 Å². The lowest BCUT2D eigenvalue weighted by atomic mass is 9.88. The van der Waals surface area contributed by atoms with Crippen molar-refractivity contribution in [3.63, 3.8) is 0 Å². The maximum absolute atomic E-state index is 13.3. The van der Waals surface area contributed by atoms with Gasteiger partial charge < -0.3 is 100 Å². The van der Waals surface area contributed by atoms with Crippen molar-refractivity contribution in [2.24, 2.45) is 0 Å². The van der Waals surface area contributed by atoms with Crippen molar-refractivity contribution in [1.82, 2.24) is 10.6 Å². The average Bonchev–Trinajstić information content (AvgIpc) is 1.58. The van der Waals surface area contributed by atoms with E-state index in [9.17, 15) is 75.7 Å². The molecule has 23 nitrogen and oxygen atoms in total. The quantitative estimate of drug-likeness (QED) is 0.0294. The summed E-state index contributed by atoms with van der Waals surface area (Å²) in [4.78, 5) is 38.3. The summed E-state index contributed by atoms with van der Waals surface area (Å²) in [6, 6.07) is -2.63. The fraction of sp³-hybridized carbons (Fsp3) is 0.889. The van der Waals surface area contributed by atoms with Crippen LogP contribution in [0.4, 0.5) is 0 Å². The SMILES string of the molecule is CCCCCC/C=C\CCCC(=O)NC(COC1OC(CO)C(OC2OC(CO)C(O)C(OC3(C(=O)O)CC(O)C(NC(C)=O)C(C(O)C(O)CO)O3)C2O)C(O)C1O)C(O)/C=C/CCCCCCCCCCCCCCCCCCCCCCC. The molecule has 14 N–H and O–H groups in total. The van der Waals surface area contributed by atoms with Gasteiger partial charge in [-0.05, 0) is 38.5 Å². The van der Waals surface area contributed by atoms with E-state index in [1.165, 1.54) is 122 Å². The van der Waals surface area contributed by atoms with Gasteiger partial charge in [0.15, 0.2) is 12.6 Å². The predicted molar refractivity (Wildman–Crippen MR) is 320 cm³/mol. The average molecular weight is 1240 g/mol. The first-order valence-electron chi connectivity index (χ1n) is 32.7. The largest absolute Gasteiger partial charge is 0.477 e. The van der Waals surface area contributed by atoms with Crippen molar-refractivity contribution in [2.75, 3.05) is 26.4 Å². The minimum absolute atomic E-state index is 0.151. The van der Waals surface area contributed by atoms with Crippen LogP contribution in [0.15, 0.2) is 24.3 Å². The molecule has 23 heteroatoms. The molecule has 0 bridgehead atoms. The van der Waals surface area contributed by atoms with Crippen LogP contribution < -0.4 is 10.6 Å². The van der Waals surface area contributed by atoms with Gasteiger partial charge in [0, 0.05) is 19.8 Å². The molecule has 3 aliphatic rings. The number of ether oxygens (including phenoxy) is 6. The number of aliphatic hydroxyl groups is 11. The summed E-state index contributed by atoms with van der Waals surface area (Å²) in [5.74, 6) is -6.18. The molecule has 3 rings (SSSR count). The summed E-state index contributed by atoms with van der Waals surface area (Å²) < 4.78 is 34.7. The molecule has 3 fully saturated rings. The summed E-state index contributed by atoms with van der Waals surface area (Å²) in [5.41, 5.74) is 0. The van der Waals surface area contributed by atoms with E-state index in [4.69, 9.17) is 28.4 Å². The number of carboxylic acids is 1. The molecule has 0 aromatic rings. The van der Waals surface area contributed by atoms with E-state index in [2.05, 4.69) is 36.6 Å². The molecule has 3 aliphatic heterocycles. The molecule has 86 heavy (non-hydrogen) atoms. The maximum Gasteiger partial charge on any atom is 0.364 e. The standard InChI is InChI=1S/C63H114N2O21/c1-4-6-8-10-12-14-15-16-17-18-19-20-21-22-23-24-25-26-27-29-30-32-34-36-45(70)44(65-50(73)37-35-33-31-28-13-11-9-7-5-2)42-81-60-55(77)54(76)57(49(41-68)83-60)84-61-56(78)59(53(75)48(40-67)82-61)86-63(62(79)80)38-46(71)51(64-43(3)69)58(85-63)52(74)47(72)39-66/h28,31,34,36,44-49,51-61,66-68,70-72,74-78H,4-27,29-30,32-33,35,37-42H2,1-3H3,(H,64,69)(H,65,73)(H,79,80)/b31-28-,36-34+. The van der Waals surface area contributed by atoms with Crippen LogP contribution in [0.1, 0.15) is 220 Å². The Bertz CT molecular complexity index is 1850. The summed E-state index contributed by atoms with van der Waals surface area (Å²) in [6.07, 6.45) is 12.8. The van der Waals surface area contributed by atoms with Gasteiger partial charge in [-0.2, -0.15) is 0 Å².